The van der Waals surface area contributed by atoms with Crippen LogP contribution in [0.15, 0.2) is 72.8 Å². The Kier molecular flexibility index (Phi) is 9.04. The van der Waals surface area contributed by atoms with Crippen molar-refractivity contribution < 1.29 is 45.7 Å². The van der Waals surface area contributed by atoms with Gasteiger partial charge in [-0.25, -0.2) is 19.6 Å². The van der Waals surface area contributed by atoms with Gasteiger partial charge in [0.2, 0.25) is 0 Å². The van der Waals surface area contributed by atoms with Crippen molar-refractivity contribution in [2.45, 2.75) is 0 Å². The fourth-order valence-electron chi connectivity index (χ4n) is 5.75. The van der Waals surface area contributed by atoms with Crippen LogP contribution in [-0.2, 0) is 26.5 Å². The van der Waals surface area contributed by atoms with Crippen LogP contribution in [0.1, 0.15) is 64.2 Å². The second kappa shape index (κ2) is 13.5. The first-order valence-corrected chi connectivity index (χ1v) is 14.8. The van der Waals surface area contributed by atoms with Crippen LogP contribution in [0.4, 0.5) is 0 Å². The summed E-state index contributed by atoms with van der Waals surface area (Å²) in [5, 5.41) is 0. The SMILES string of the molecule is COC(=O)c1ccc(-c2c3nc(c(C=O)c4ccc([n-]4)c(-c4ccc(C(=O)OC)cc4)c4nc(c(C=O)c5ccc2[n-]5)C=C4)C=C3)cc1.[Mn+2]. The summed E-state index contributed by atoms with van der Waals surface area (Å²) in [6, 6.07) is 20.7. The third-order valence-electron chi connectivity index (χ3n) is 8.11. The molecule has 8 bridgehead atoms. The molecule has 0 spiro atoms. The number of ether oxygens (including phenoxy) is 2. The van der Waals surface area contributed by atoms with E-state index >= 15 is 0 Å². The number of hydrogen-bond acceptors (Lipinski definition) is 8. The summed E-state index contributed by atoms with van der Waals surface area (Å²) in [5.74, 6) is -0.937. The van der Waals surface area contributed by atoms with Crippen LogP contribution in [0.2, 0.25) is 0 Å². The summed E-state index contributed by atoms with van der Waals surface area (Å²) < 4.78 is 9.70. The maximum absolute atomic E-state index is 12.6. The second-order valence-electron chi connectivity index (χ2n) is 10.8. The van der Waals surface area contributed by atoms with Crippen LogP contribution >= 0.6 is 0 Å². The first kappa shape index (κ1) is 32.8. The molecule has 3 aromatic heterocycles. The van der Waals surface area contributed by atoms with E-state index in [1.54, 1.807) is 97.1 Å². The summed E-state index contributed by atoms with van der Waals surface area (Å²) in [6.07, 6.45) is 8.49. The smallest absolute Gasteiger partial charge is 0.657 e. The van der Waals surface area contributed by atoms with E-state index in [1.165, 1.54) is 14.2 Å². The molecule has 0 N–H and O–H groups in total. The van der Waals surface area contributed by atoms with Gasteiger partial charge in [0.1, 0.15) is 0 Å². The van der Waals surface area contributed by atoms with Gasteiger partial charge in [0.25, 0.3) is 0 Å². The minimum absolute atomic E-state index is 0. The average molecular weight is 688 g/mol. The van der Waals surface area contributed by atoms with E-state index in [0.717, 1.165) is 12.6 Å². The van der Waals surface area contributed by atoms with Gasteiger partial charge in [-0.1, -0.05) is 48.5 Å². The minimum atomic E-state index is -0.468. The molecule has 0 atom stereocenters. The molecule has 0 unspecified atom stereocenters. The Bertz CT molecular complexity index is 2220. The fourth-order valence-corrected chi connectivity index (χ4v) is 5.75. The molecule has 0 amide bonds. The number of aromatic nitrogens is 4. The molecule has 0 aliphatic carbocycles. The molecular weight excluding hydrogens is 663 g/mol. The standard InChI is InChI=1S/C38H25N4O6.Mn/c1-47-37(45)23-7-3-21(4-8-23)35-31-15-11-27(39-31)25(19-43)29-13-17-33(41-29)36(22-5-9-24(10-6-22)38(46)48-2)34-18-14-30(42-34)26(20-44)28-12-16-32(35)40-28;/h3-20H,1-2H3,(H-,39,40,41,42,43,44,45,46);/q-1;+2/p-1. The van der Waals surface area contributed by atoms with Crippen molar-refractivity contribution in [1.29, 1.82) is 0 Å². The summed E-state index contributed by atoms with van der Waals surface area (Å²) in [6.45, 7) is 0. The molecule has 5 aromatic rings. The normalized spacial score (nSPS) is 11.5. The zero-order chi connectivity index (χ0) is 33.4. The van der Waals surface area contributed by atoms with E-state index in [0.29, 0.717) is 78.2 Å². The fraction of sp³-hybridized carbons (Fsp3) is 0.0526. The number of esters is 2. The van der Waals surface area contributed by atoms with Gasteiger partial charge in [-0.15, -0.1) is 22.1 Å². The summed E-state index contributed by atoms with van der Waals surface area (Å²) in [4.78, 5) is 68.7. The Morgan fingerprint density at radius 2 is 0.878 bits per heavy atom. The van der Waals surface area contributed by atoms with E-state index in [9.17, 15) is 19.2 Å². The topological polar surface area (TPSA) is 141 Å². The number of carbonyl (C=O) groups excluding carboxylic acids is 4. The quantitative estimate of drug-likeness (QED) is 0.109. The van der Waals surface area contributed by atoms with Gasteiger partial charge < -0.3 is 19.4 Å². The third kappa shape index (κ3) is 5.93. The zero-order valence-corrected chi connectivity index (χ0v) is 27.2. The van der Waals surface area contributed by atoms with Crippen LogP contribution in [0.25, 0.3) is 68.6 Å². The van der Waals surface area contributed by atoms with E-state index in [2.05, 4.69) is 0 Å². The summed E-state index contributed by atoms with van der Waals surface area (Å²) in [5.41, 5.74) is 7.72. The van der Waals surface area contributed by atoms with Crippen molar-refractivity contribution in [3.63, 3.8) is 0 Å². The number of nitrogens with zero attached hydrogens (tertiary/aromatic N) is 4. The van der Waals surface area contributed by atoms with Gasteiger partial charge in [0.15, 0.2) is 12.6 Å². The Morgan fingerprint density at radius 1 is 0.531 bits per heavy atom. The predicted octanol–water partition coefficient (Wildman–Crippen LogP) is 6.44. The molecule has 5 heterocycles. The number of carbonyl (C=O) groups is 4. The summed E-state index contributed by atoms with van der Waals surface area (Å²) in [7, 11) is 2.63. The maximum Gasteiger partial charge on any atom is 2.00 e. The molecule has 2 aliphatic rings. The van der Waals surface area contributed by atoms with Crippen LogP contribution in [0, 0.1) is 0 Å². The van der Waals surface area contributed by atoms with Gasteiger partial charge in [0.05, 0.1) is 48.1 Å². The number of fused-ring (bicyclic) bond motifs is 8. The van der Waals surface area contributed by atoms with Crippen LogP contribution in [-0.4, -0.2) is 48.7 Å². The average Bonchev–Trinajstić information content (AvgIpc) is 3.96. The Labute approximate surface area is 290 Å². The molecule has 2 aliphatic heterocycles. The monoisotopic (exact) mass is 687 g/mol. The van der Waals surface area contributed by atoms with Crippen LogP contribution < -0.4 is 9.97 Å². The largest absolute Gasteiger partial charge is 2.00 e. The Balaban J connectivity index is 0.00000417. The number of methoxy groups -OCH3 is 2. The molecule has 7 rings (SSSR count). The molecule has 11 heteroatoms. The summed E-state index contributed by atoms with van der Waals surface area (Å²) >= 11 is 0. The number of rotatable bonds is 6. The van der Waals surface area contributed by atoms with E-state index < -0.39 is 11.9 Å². The van der Waals surface area contributed by atoms with Crippen LogP contribution in [0.5, 0.6) is 0 Å². The van der Waals surface area contributed by atoms with E-state index in [1.807, 2.05) is 0 Å². The van der Waals surface area contributed by atoms with Gasteiger partial charge in [0, 0.05) is 11.1 Å². The number of hydrogen-bond donors (Lipinski definition) is 0. The van der Waals surface area contributed by atoms with Gasteiger partial charge in [-0.2, -0.15) is 0 Å². The van der Waals surface area contributed by atoms with Crippen molar-refractivity contribution in [3.05, 3.63) is 118 Å². The van der Waals surface area contributed by atoms with Crippen molar-refractivity contribution >= 4 is 70.9 Å². The molecule has 1 radical (unpaired) electrons. The van der Waals surface area contributed by atoms with Crippen molar-refractivity contribution in [2.75, 3.05) is 14.2 Å². The van der Waals surface area contributed by atoms with Crippen LogP contribution in [0.3, 0.4) is 0 Å². The molecule has 0 saturated heterocycles. The van der Waals surface area contributed by atoms with Crippen molar-refractivity contribution in [3.8, 4) is 22.3 Å². The number of benzene rings is 2. The Morgan fingerprint density at radius 3 is 1.22 bits per heavy atom. The van der Waals surface area contributed by atoms with Crippen molar-refractivity contribution in [1.82, 2.24) is 19.9 Å². The third-order valence-corrected chi connectivity index (χ3v) is 8.11. The zero-order valence-electron chi connectivity index (χ0n) is 26.0. The predicted molar refractivity (Wildman–Crippen MR) is 181 cm³/mol. The van der Waals surface area contributed by atoms with Gasteiger partial charge in [-0.05, 0) is 70.8 Å². The molecule has 49 heavy (non-hydrogen) atoms. The number of aldehydes is 2. The molecular formula is C38H24MnN4O6. The molecule has 2 aromatic carbocycles. The van der Waals surface area contributed by atoms with E-state index in [4.69, 9.17) is 29.4 Å². The van der Waals surface area contributed by atoms with Gasteiger partial charge in [-0.3, -0.25) is 9.59 Å². The van der Waals surface area contributed by atoms with Gasteiger partial charge >= 0.3 is 29.0 Å². The molecule has 0 fully saturated rings. The second-order valence-corrected chi connectivity index (χ2v) is 10.8. The first-order valence-electron chi connectivity index (χ1n) is 14.8. The molecule has 10 nitrogen and oxygen atoms in total. The maximum atomic E-state index is 12.6. The molecule has 239 valence electrons. The van der Waals surface area contributed by atoms with E-state index in [-0.39, 0.29) is 28.2 Å². The Hall–Kier alpha value is -6.16. The van der Waals surface area contributed by atoms with Crippen molar-refractivity contribution in [2.24, 2.45) is 0 Å². The first-order chi connectivity index (χ1) is 23.4. The minimum Gasteiger partial charge on any atom is -0.657 e. The molecule has 0 saturated carbocycles.